The molecule has 0 aliphatic heterocycles. The first-order valence-corrected chi connectivity index (χ1v) is 7.28. The van der Waals surface area contributed by atoms with Crippen molar-refractivity contribution >= 4 is 34.6 Å². The van der Waals surface area contributed by atoms with Crippen molar-refractivity contribution in [1.29, 1.82) is 0 Å². The predicted molar refractivity (Wildman–Crippen MR) is 79.8 cm³/mol. The van der Waals surface area contributed by atoms with E-state index in [2.05, 4.69) is 5.32 Å². The first kappa shape index (κ1) is 15.4. The summed E-state index contributed by atoms with van der Waals surface area (Å²) in [7, 11) is 0. The Morgan fingerprint density at radius 2 is 2.00 bits per heavy atom. The van der Waals surface area contributed by atoms with E-state index in [1.54, 1.807) is 0 Å². The van der Waals surface area contributed by atoms with Gasteiger partial charge in [-0.15, -0.1) is 0 Å². The summed E-state index contributed by atoms with van der Waals surface area (Å²) in [6.45, 7) is 2.19. The molecule has 0 unspecified atom stereocenters. The van der Waals surface area contributed by atoms with Gasteiger partial charge in [0.25, 0.3) is 5.69 Å². The van der Waals surface area contributed by atoms with Crippen molar-refractivity contribution < 1.29 is 9.66 Å². The summed E-state index contributed by atoms with van der Waals surface area (Å²) in [6, 6.07) is 2.58. The lowest BCUT2D eigenvalue weighted by Crippen LogP contribution is -2.07. The molecule has 1 saturated carbocycles. The zero-order chi connectivity index (χ0) is 14.5. The zero-order valence-electron chi connectivity index (χ0n) is 10.9. The molecule has 1 aromatic carbocycles. The van der Waals surface area contributed by atoms with Crippen molar-refractivity contribution in [2.24, 2.45) is 5.92 Å². The van der Waals surface area contributed by atoms with E-state index < -0.39 is 4.92 Å². The summed E-state index contributed by atoms with van der Waals surface area (Å²) in [5.41, 5.74) is 0.416. The number of non-ortho nitro benzene ring substituents is 1. The molecule has 0 bridgehead atoms. The molecule has 7 heteroatoms. The third-order valence-corrected chi connectivity index (χ3v) is 3.65. The second-order valence-corrected chi connectivity index (χ2v) is 5.65. The number of hydrogen-bond acceptors (Lipinski definition) is 4. The molecule has 110 valence electrons. The molecule has 1 aliphatic carbocycles. The molecule has 1 aliphatic rings. The molecule has 0 aromatic heterocycles. The Balaban J connectivity index is 1.78. The van der Waals surface area contributed by atoms with Crippen molar-refractivity contribution in [1.82, 2.24) is 0 Å². The maximum atomic E-state index is 10.7. The number of nitrogens with zero attached hydrogens (tertiary/aromatic N) is 1. The molecule has 5 nitrogen and oxygen atoms in total. The average Bonchev–Trinajstić information content (AvgIpc) is 3.19. The van der Waals surface area contributed by atoms with Crippen molar-refractivity contribution in [2.45, 2.75) is 19.3 Å². The maximum Gasteiger partial charge on any atom is 0.272 e. The van der Waals surface area contributed by atoms with Gasteiger partial charge in [0, 0.05) is 31.9 Å². The van der Waals surface area contributed by atoms with Gasteiger partial charge in [-0.3, -0.25) is 10.1 Å². The van der Waals surface area contributed by atoms with Crippen LogP contribution in [0.15, 0.2) is 12.1 Å². The molecule has 1 N–H and O–H groups in total. The molecule has 0 amide bonds. The van der Waals surface area contributed by atoms with Crippen LogP contribution in [0.25, 0.3) is 0 Å². The minimum absolute atomic E-state index is 0.113. The normalized spacial score (nSPS) is 14.3. The summed E-state index contributed by atoms with van der Waals surface area (Å²) in [5, 5.41) is 14.3. The van der Waals surface area contributed by atoms with Crippen LogP contribution in [-0.2, 0) is 4.74 Å². The van der Waals surface area contributed by atoms with E-state index >= 15 is 0 Å². The Labute approximate surface area is 127 Å². The molecule has 0 spiro atoms. The van der Waals surface area contributed by atoms with E-state index in [1.807, 2.05) is 0 Å². The third-order valence-electron chi connectivity index (χ3n) is 3.06. The van der Waals surface area contributed by atoms with E-state index in [0.29, 0.717) is 18.8 Å². The number of anilines is 1. The van der Waals surface area contributed by atoms with Crippen molar-refractivity contribution in [3.63, 3.8) is 0 Å². The SMILES string of the molecule is O=[N+]([O-])c1cc(Cl)c(NCCCOCC2CC2)c(Cl)c1. The number of nitro groups is 1. The van der Waals surface area contributed by atoms with E-state index in [9.17, 15) is 10.1 Å². The summed E-state index contributed by atoms with van der Waals surface area (Å²) in [4.78, 5) is 10.1. The predicted octanol–water partition coefficient (Wildman–Crippen LogP) is 4.13. The molecule has 1 aromatic rings. The number of ether oxygens (including phenoxy) is 1. The van der Waals surface area contributed by atoms with Gasteiger partial charge in [-0.1, -0.05) is 23.2 Å². The minimum atomic E-state index is -0.521. The fraction of sp³-hybridized carbons (Fsp3) is 0.538. The number of nitrogens with one attached hydrogen (secondary N) is 1. The zero-order valence-corrected chi connectivity index (χ0v) is 12.4. The maximum absolute atomic E-state index is 10.7. The van der Waals surface area contributed by atoms with Crippen LogP contribution in [0.1, 0.15) is 19.3 Å². The van der Waals surface area contributed by atoms with Crippen LogP contribution >= 0.6 is 23.2 Å². The van der Waals surface area contributed by atoms with Gasteiger partial charge in [0.1, 0.15) is 0 Å². The van der Waals surface area contributed by atoms with Gasteiger partial charge < -0.3 is 10.1 Å². The van der Waals surface area contributed by atoms with E-state index in [-0.39, 0.29) is 15.7 Å². The van der Waals surface area contributed by atoms with Crippen molar-refractivity contribution in [2.75, 3.05) is 25.1 Å². The van der Waals surface area contributed by atoms with Crippen molar-refractivity contribution in [3.8, 4) is 0 Å². The first-order chi connectivity index (χ1) is 9.58. The summed E-state index contributed by atoms with van der Waals surface area (Å²) in [6.07, 6.45) is 3.40. The smallest absolute Gasteiger partial charge is 0.272 e. The molecular weight excluding hydrogens is 303 g/mol. The molecule has 0 heterocycles. The third kappa shape index (κ3) is 4.51. The standard InChI is InChI=1S/C13H16Cl2N2O3/c14-11-6-10(17(18)19)7-12(15)13(11)16-4-1-5-20-8-9-2-3-9/h6-7,9,16H,1-5,8H2. The van der Waals surface area contributed by atoms with Gasteiger partial charge in [-0.2, -0.15) is 0 Å². The average molecular weight is 319 g/mol. The molecule has 2 rings (SSSR count). The largest absolute Gasteiger partial charge is 0.383 e. The van der Waals surface area contributed by atoms with Gasteiger partial charge >= 0.3 is 0 Å². The second-order valence-electron chi connectivity index (χ2n) is 4.84. The molecule has 20 heavy (non-hydrogen) atoms. The molecule has 0 saturated heterocycles. The van der Waals surface area contributed by atoms with Gasteiger partial charge in [-0.25, -0.2) is 0 Å². The quantitative estimate of drug-likeness (QED) is 0.444. The highest BCUT2D eigenvalue weighted by Gasteiger charge is 2.20. The van der Waals surface area contributed by atoms with Gasteiger partial charge in [0.2, 0.25) is 0 Å². The van der Waals surface area contributed by atoms with Crippen molar-refractivity contribution in [3.05, 3.63) is 32.3 Å². The van der Waals surface area contributed by atoms with Crippen LogP contribution in [-0.4, -0.2) is 24.7 Å². The Morgan fingerprint density at radius 1 is 1.35 bits per heavy atom. The van der Waals surface area contributed by atoms with Crippen LogP contribution in [0.2, 0.25) is 10.0 Å². The topological polar surface area (TPSA) is 64.4 Å². The molecule has 0 radical (unpaired) electrons. The van der Waals surface area contributed by atoms with Crippen LogP contribution in [0.3, 0.4) is 0 Å². The lowest BCUT2D eigenvalue weighted by molar-refractivity contribution is -0.384. The van der Waals surface area contributed by atoms with E-state index in [1.165, 1.54) is 25.0 Å². The van der Waals surface area contributed by atoms with Crippen LogP contribution in [0.5, 0.6) is 0 Å². The Morgan fingerprint density at radius 3 is 2.55 bits per heavy atom. The monoisotopic (exact) mass is 318 g/mol. The Hall–Kier alpha value is -1.04. The number of hydrogen-bond donors (Lipinski definition) is 1. The van der Waals surface area contributed by atoms with E-state index in [0.717, 1.165) is 18.9 Å². The van der Waals surface area contributed by atoms with Crippen LogP contribution in [0.4, 0.5) is 11.4 Å². The fourth-order valence-electron chi connectivity index (χ4n) is 1.76. The number of halogens is 2. The highest BCUT2D eigenvalue weighted by molar-refractivity contribution is 6.39. The number of nitro benzene ring substituents is 1. The van der Waals surface area contributed by atoms with Crippen LogP contribution in [0, 0.1) is 16.0 Å². The van der Waals surface area contributed by atoms with E-state index in [4.69, 9.17) is 27.9 Å². The lowest BCUT2D eigenvalue weighted by Gasteiger charge is -2.10. The number of rotatable bonds is 8. The summed E-state index contributed by atoms with van der Waals surface area (Å²) >= 11 is 12.0. The molecule has 1 fully saturated rings. The highest BCUT2D eigenvalue weighted by atomic mass is 35.5. The summed E-state index contributed by atoms with van der Waals surface area (Å²) in [5.74, 6) is 0.765. The summed E-state index contributed by atoms with van der Waals surface area (Å²) < 4.78 is 5.51. The van der Waals surface area contributed by atoms with Crippen LogP contribution < -0.4 is 5.32 Å². The second kappa shape index (κ2) is 7.11. The fourth-order valence-corrected chi connectivity index (χ4v) is 2.37. The Kier molecular flexibility index (Phi) is 5.46. The minimum Gasteiger partial charge on any atom is -0.383 e. The number of benzene rings is 1. The molecular formula is C13H16Cl2N2O3. The highest BCUT2D eigenvalue weighted by Crippen LogP contribution is 2.34. The molecule has 0 atom stereocenters. The Bertz CT molecular complexity index is 469. The van der Waals surface area contributed by atoms with Gasteiger partial charge in [0.05, 0.1) is 20.7 Å². The van der Waals surface area contributed by atoms with Gasteiger partial charge in [0.15, 0.2) is 0 Å². The first-order valence-electron chi connectivity index (χ1n) is 6.53. The van der Waals surface area contributed by atoms with Gasteiger partial charge in [-0.05, 0) is 25.2 Å². The lowest BCUT2D eigenvalue weighted by atomic mass is 10.2.